The van der Waals surface area contributed by atoms with E-state index in [0.717, 1.165) is 0 Å². The lowest BCUT2D eigenvalue weighted by atomic mass is 10.2. The van der Waals surface area contributed by atoms with E-state index in [-0.39, 0.29) is 27.2 Å². The van der Waals surface area contributed by atoms with Crippen molar-refractivity contribution in [3.05, 3.63) is 34.3 Å². The molecule has 166 valence electrons. The largest absolute Gasteiger partial charge is 0.497 e. The van der Waals surface area contributed by atoms with Gasteiger partial charge < -0.3 is 24.3 Å². The molecule has 0 saturated carbocycles. The standard InChI is InChI=1S/C20H21Cl2N3O6/c1-10(26)19(25-24-13-8-12(28-2)9-16(31-5)17(13)21)20(27)23-11-6-14(29-3)18(22)15(7-11)30-4/h6-9,19H,1-5H3,(H,23,27). The zero-order valence-corrected chi connectivity index (χ0v) is 19.0. The highest BCUT2D eigenvalue weighted by atomic mass is 35.5. The summed E-state index contributed by atoms with van der Waals surface area (Å²) >= 11 is 12.4. The van der Waals surface area contributed by atoms with E-state index in [2.05, 4.69) is 15.5 Å². The van der Waals surface area contributed by atoms with Gasteiger partial charge >= 0.3 is 0 Å². The van der Waals surface area contributed by atoms with Crippen LogP contribution in [0.1, 0.15) is 6.92 Å². The number of benzene rings is 2. The van der Waals surface area contributed by atoms with Crippen molar-refractivity contribution in [1.29, 1.82) is 0 Å². The maximum atomic E-state index is 12.7. The minimum absolute atomic E-state index is 0.155. The van der Waals surface area contributed by atoms with Gasteiger partial charge in [-0.3, -0.25) is 9.59 Å². The number of carbonyl (C=O) groups is 2. The van der Waals surface area contributed by atoms with E-state index < -0.39 is 17.7 Å². The molecule has 9 nitrogen and oxygen atoms in total. The van der Waals surface area contributed by atoms with Gasteiger partial charge in [-0.25, -0.2) is 0 Å². The Bertz CT molecular complexity index is 988. The second-order valence-corrected chi connectivity index (χ2v) is 6.83. The molecule has 0 radical (unpaired) electrons. The molecule has 1 amide bonds. The number of ketones is 1. The second kappa shape index (κ2) is 10.8. The van der Waals surface area contributed by atoms with Crippen LogP contribution in [-0.4, -0.2) is 46.2 Å². The molecule has 2 aromatic carbocycles. The van der Waals surface area contributed by atoms with Crippen molar-refractivity contribution < 1.29 is 28.5 Å². The summed E-state index contributed by atoms with van der Waals surface area (Å²) in [6.45, 7) is 1.22. The fourth-order valence-corrected chi connectivity index (χ4v) is 2.98. The third-order valence-electron chi connectivity index (χ3n) is 4.08. The van der Waals surface area contributed by atoms with E-state index in [9.17, 15) is 9.59 Å². The molecule has 2 rings (SSSR count). The number of nitrogens with one attached hydrogen (secondary N) is 1. The van der Waals surface area contributed by atoms with Gasteiger partial charge in [-0.15, -0.1) is 0 Å². The van der Waals surface area contributed by atoms with Crippen LogP contribution >= 0.6 is 23.2 Å². The molecule has 0 heterocycles. The van der Waals surface area contributed by atoms with Crippen molar-refractivity contribution in [2.24, 2.45) is 10.2 Å². The van der Waals surface area contributed by atoms with Gasteiger partial charge in [-0.05, 0) is 6.92 Å². The summed E-state index contributed by atoms with van der Waals surface area (Å²) in [7, 11) is 5.74. The van der Waals surface area contributed by atoms with Gasteiger partial charge in [0.25, 0.3) is 5.91 Å². The molecule has 0 aliphatic heterocycles. The van der Waals surface area contributed by atoms with Crippen molar-refractivity contribution >= 4 is 46.3 Å². The summed E-state index contributed by atoms with van der Waals surface area (Å²) in [4.78, 5) is 24.8. The fourth-order valence-electron chi connectivity index (χ4n) is 2.49. The number of azo groups is 1. The Labute approximate surface area is 189 Å². The van der Waals surface area contributed by atoms with Crippen molar-refractivity contribution in [2.75, 3.05) is 33.8 Å². The minimum Gasteiger partial charge on any atom is -0.497 e. The predicted molar refractivity (Wildman–Crippen MR) is 117 cm³/mol. The van der Waals surface area contributed by atoms with Gasteiger partial charge in [-0.1, -0.05) is 23.2 Å². The number of amides is 1. The maximum absolute atomic E-state index is 12.7. The number of nitrogens with zero attached hydrogens (tertiary/aromatic N) is 2. The molecule has 1 unspecified atom stereocenters. The van der Waals surface area contributed by atoms with Crippen LogP contribution in [0, 0.1) is 0 Å². The molecular formula is C20H21Cl2N3O6. The molecule has 0 spiro atoms. The number of ether oxygens (including phenoxy) is 4. The molecule has 0 aromatic heterocycles. The molecule has 1 atom stereocenters. The average molecular weight is 470 g/mol. The monoisotopic (exact) mass is 469 g/mol. The first-order valence-corrected chi connectivity index (χ1v) is 9.56. The molecular weight excluding hydrogens is 449 g/mol. The highest BCUT2D eigenvalue weighted by Gasteiger charge is 2.24. The molecule has 0 bridgehead atoms. The Kier molecular flexibility index (Phi) is 8.47. The maximum Gasteiger partial charge on any atom is 0.258 e. The van der Waals surface area contributed by atoms with E-state index in [1.165, 1.54) is 53.6 Å². The van der Waals surface area contributed by atoms with Crippen LogP contribution in [0.15, 0.2) is 34.5 Å². The van der Waals surface area contributed by atoms with Crippen molar-refractivity contribution in [3.63, 3.8) is 0 Å². The Morgan fingerprint density at radius 1 is 0.871 bits per heavy atom. The topological polar surface area (TPSA) is 108 Å². The number of anilines is 1. The van der Waals surface area contributed by atoms with Crippen molar-refractivity contribution in [1.82, 2.24) is 0 Å². The van der Waals surface area contributed by atoms with Gasteiger partial charge in [0.15, 0.2) is 5.78 Å². The second-order valence-electron chi connectivity index (χ2n) is 6.08. The van der Waals surface area contributed by atoms with Crippen LogP contribution in [0.25, 0.3) is 0 Å². The fraction of sp³-hybridized carbons (Fsp3) is 0.300. The van der Waals surface area contributed by atoms with Crippen LogP contribution in [0.4, 0.5) is 11.4 Å². The summed E-state index contributed by atoms with van der Waals surface area (Å²) < 4.78 is 20.7. The van der Waals surface area contributed by atoms with E-state index in [4.69, 9.17) is 42.1 Å². The summed E-state index contributed by atoms with van der Waals surface area (Å²) in [5.74, 6) is 0.0486. The Balaban J connectivity index is 2.33. The summed E-state index contributed by atoms with van der Waals surface area (Å²) in [5, 5.41) is 10.8. The highest BCUT2D eigenvalue weighted by molar-refractivity contribution is 6.34. The van der Waals surface area contributed by atoms with E-state index in [0.29, 0.717) is 17.2 Å². The van der Waals surface area contributed by atoms with Gasteiger partial charge in [0.05, 0.1) is 28.4 Å². The van der Waals surface area contributed by atoms with Gasteiger partial charge in [0.1, 0.15) is 38.7 Å². The third-order valence-corrected chi connectivity index (χ3v) is 4.83. The number of halogens is 2. The lowest BCUT2D eigenvalue weighted by Gasteiger charge is -2.14. The molecule has 0 aliphatic carbocycles. The van der Waals surface area contributed by atoms with Crippen LogP contribution in [0.2, 0.25) is 10.0 Å². The first-order chi connectivity index (χ1) is 14.7. The summed E-state index contributed by atoms with van der Waals surface area (Å²) in [6.07, 6.45) is 0. The first kappa shape index (κ1) is 24.2. The smallest absolute Gasteiger partial charge is 0.258 e. The predicted octanol–water partition coefficient (Wildman–Crippen LogP) is 4.71. The molecule has 0 saturated heterocycles. The normalized spacial score (nSPS) is 11.7. The molecule has 11 heteroatoms. The minimum atomic E-state index is -1.43. The van der Waals surface area contributed by atoms with Gasteiger partial charge in [0, 0.05) is 30.0 Å². The van der Waals surface area contributed by atoms with Crippen LogP contribution in [0.5, 0.6) is 23.0 Å². The van der Waals surface area contributed by atoms with Crippen LogP contribution in [0.3, 0.4) is 0 Å². The first-order valence-electron chi connectivity index (χ1n) is 8.80. The number of Topliss-reactive ketones (excluding diaryl/α,β-unsaturated/α-hetero) is 1. The Hall–Kier alpha value is -3.04. The number of hydrogen-bond acceptors (Lipinski definition) is 8. The molecule has 0 fully saturated rings. The summed E-state index contributed by atoms with van der Waals surface area (Å²) in [6, 6.07) is 4.61. The molecule has 2 aromatic rings. The summed E-state index contributed by atoms with van der Waals surface area (Å²) in [5.41, 5.74) is 0.470. The van der Waals surface area contributed by atoms with Gasteiger partial charge in [0.2, 0.25) is 6.04 Å². The average Bonchev–Trinajstić information content (AvgIpc) is 2.75. The molecule has 0 aliphatic rings. The number of carbonyl (C=O) groups excluding carboxylic acids is 2. The Morgan fingerprint density at radius 2 is 1.42 bits per heavy atom. The van der Waals surface area contributed by atoms with Crippen molar-refractivity contribution in [3.8, 4) is 23.0 Å². The SMILES string of the molecule is COc1cc(N=NC(C(C)=O)C(=O)Nc2cc(OC)c(Cl)c(OC)c2)c(Cl)c(OC)c1. The van der Waals surface area contributed by atoms with Gasteiger partial charge in [-0.2, -0.15) is 10.2 Å². The zero-order valence-electron chi connectivity index (χ0n) is 17.5. The highest BCUT2D eigenvalue weighted by Crippen LogP contribution is 2.39. The number of hydrogen-bond donors (Lipinski definition) is 1. The lowest BCUT2D eigenvalue weighted by Crippen LogP contribution is -2.31. The third kappa shape index (κ3) is 5.77. The van der Waals surface area contributed by atoms with Crippen LogP contribution < -0.4 is 24.3 Å². The number of rotatable bonds is 9. The molecule has 1 N–H and O–H groups in total. The number of methoxy groups -OCH3 is 4. The van der Waals surface area contributed by atoms with E-state index >= 15 is 0 Å². The molecule has 31 heavy (non-hydrogen) atoms. The Morgan fingerprint density at radius 3 is 1.90 bits per heavy atom. The van der Waals surface area contributed by atoms with Crippen LogP contribution in [-0.2, 0) is 9.59 Å². The van der Waals surface area contributed by atoms with Crippen molar-refractivity contribution in [2.45, 2.75) is 13.0 Å². The zero-order chi connectivity index (χ0) is 23.1. The van der Waals surface area contributed by atoms with E-state index in [1.807, 2.05) is 0 Å². The lowest BCUT2D eigenvalue weighted by molar-refractivity contribution is -0.126. The quantitative estimate of drug-likeness (QED) is 0.420. The van der Waals surface area contributed by atoms with E-state index in [1.54, 1.807) is 6.07 Å².